The summed E-state index contributed by atoms with van der Waals surface area (Å²) in [5, 5.41) is 0. The molecule has 3 heterocycles. The van der Waals surface area contributed by atoms with Gasteiger partial charge >= 0.3 is 5.69 Å². The zero-order valence-electron chi connectivity index (χ0n) is 16.5. The fraction of sp³-hybridized carbons (Fsp3) is 0.136. The molecule has 1 N–H and O–H groups in total. The Morgan fingerprint density at radius 2 is 1.77 bits per heavy atom. The van der Waals surface area contributed by atoms with E-state index in [-0.39, 0.29) is 0 Å². The first-order chi connectivity index (χ1) is 14.6. The van der Waals surface area contributed by atoms with Crippen LogP contribution in [-0.4, -0.2) is 30.1 Å². The summed E-state index contributed by atoms with van der Waals surface area (Å²) in [6.45, 7) is 2.53. The summed E-state index contributed by atoms with van der Waals surface area (Å²) in [4.78, 5) is 31.6. The minimum atomic E-state index is -0.496. The SMILES string of the molecule is CCOc1ccc(-n2c(-c3ccccc3)cn3c4c(=O)[nH]c(=O)n(C)c4nc23)cc1. The zero-order chi connectivity index (χ0) is 20.8. The molecule has 0 saturated carbocycles. The van der Waals surface area contributed by atoms with Crippen LogP contribution in [0.15, 0.2) is 70.4 Å². The molecular weight excluding hydrogens is 382 g/mol. The third-order valence-electron chi connectivity index (χ3n) is 5.10. The number of imidazole rings is 2. The molecule has 0 aliphatic carbocycles. The van der Waals surface area contributed by atoms with E-state index < -0.39 is 11.2 Å². The molecule has 0 radical (unpaired) electrons. The smallest absolute Gasteiger partial charge is 0.329 e. The molecule has 8 heteroatoms. The van der Waals surface area contributed by atoms with Crippen molar-refractivity contribution in [1.82, 2.24) is 23.5 Å². The van der Waals surface area contributed by atoms with Gasteiger partial charge < -0.3 is 4.74 Å². The molecular formula is C22H19N5O3. The van der Waals surface area contributed by atoms with Gasteiger partial charge in [-0.1, -0.05) is 30.3 Å². The van der Waals surface area contributed by atoms with Crippen LogP contribution in [0.3, 0.4) is 0 Å². The number of rotatable bonds is 4. The Hall–Kier alpha value is -4.07. The monoisotopic (exact) mass is 401 g/mol. The van der Waals surface area contributed by atoms with E-state index in [9.17, 15) is 9.59 Å². The standard InChI is InChI=1S/C22H19N5O3/c1-3-30-16-11-9-15(10-12-16)27-17(14-7-5-4-6-8-14)13-26-18-19(23-21(26)27)25(2)22(29)24-20(18)28/h4-13H,3H2,1-2H3,(H,24,28,29). The van der Waals surface area contributed by atoms with E-state index in [0.29, 0.717) is 23.5 Å². The van der Waals surface area contributed by atoms with E-state index in [1.54, 1.807) is 11.4 Å². The summed E-state index contributed by atoms with van der Waals surface area (Å²) in [5.74, 6) is 1.32. The van der Waals surface area contributed by atoms with E-state index in [2.05, 4.69) is 9.97 Å². The van der Waals surface area contributed by atoms with Gasteiger partial charge in [0.05, 0.1) is 12.3 Å². The molecule has 0 fully saturated rings. The van der Waals surface area contributed by atoms with Gasteiger partial charge in [-0.05, 0) is 31.2 Å². The van der Waals surface area contributed by atoms with E-state index >= 15 is 0 Å². The topological polar surface area (TPSA) is 86.3 Å². The Bertz CT molecular complexity index is 1490. The number of benzene rings is 2. The highest BCUT2D eigenvalue weighted by atomic mass is 16.5. The third kappa shape index (κ3) is 2.65. The summed E-state index contributed by atoms with van der Waals surface area (Å²) >= 11 is 0. The lowest BCUT2D eigenvalue weighted by molar-refractivity contribution is 0.340. The number of fused-ring (bicyclic) bond motifs is 3. The third-order valence-corrected chi connectivity index (χ3v) is 5.10. The summed E-state index contributed by atoms with van der Waals surface area (Å²) in [7, 11) is 1.59. The minimum absolute atomic E-state index is 0.328. The lowest BCUT2D eigenvalue weighted by Gasteiger charge is -2.10. The molecule has 0 aliphatic heterocycles. The van der Waals surface area contributed by atoms with Gasteiger partial charge in [-0.2, -0.15) is 4.98 Å². The van der Waals surface area contributed by atoms with Crippen molar-refractivity contribution in [3.05, 3.63) is 81.6 Å². The molecule has 8 nitrogen and oxygen atoms in total. The summed E-state index contributed by atoms with van der Waals surface area (Å²) in [6.07, 6.45) is 1.87. The molecule has 0 spiro atoms. The Kier molecular flexibility index (Phi) is 4.06. The fourth-order valence-electron chi connectivity index (χ4n) is 3.68. The second-order valence-electron chi connectivity index (χ2n) is 6.92. The number of aryl methyl sites for hydroxylation is 1. The minimum Gasteiger partial charge on any atom is -0.494 e. The molecule has 5 aromatic rings. The predicted octanol–water partition coefficient (Wildman–Crippen LogP) is 2.73. The van der Waals surface area contributed by atoms with Crippen LogP contribution >= 0.6 is 0 Å². The number of H-pyrrole nitrogens is 1. The Morgan fingerprint density at radius 1 is 1.03 bits per heavy atom. The molecule has 0 atom stereocenters. The van der Waals surface area contributed by atoms with Crippen molar-refractivity contribution in [3.8, 4) is 22.7 Å². The number of nitrogens with one attached hydrogen (secondary N) is 1. The van der Waals surface area contributed by atoms with Crippen molar-refractivity contribution in [3.63, 3.8) is 0 Å². The summed E-state index contributed by atoms with van der Waals surface area (Å²) in [6, 6.07) is 17.6. The van der Waals surface area contributed by atoms with Gasteiger partial charge in [-0.3, -0.25) is 23.3 Å². The van der Waals surface area contributed by atoms with Gasteiger partial charge in [0.25, 0.3) is 5.56 Å². The number of aromatic amines is 1. The maximum Gasteiger partial charge on any atom is 0.329 e. The lowest BCUT2D eigenvalue weighted by Crippen LogP contribution is -2.28. The number of nitrogens with zero attached hydrogens (tertiary/aromatic N) is 4. The summed E-state index contributed by atoms with van der Waals surface area (Å²) in [5.41, 5.74) is 2.41. The Balaban J connectivity index is 1.87. The van der Waals surface area contributed by atoms with Crippen molar-refractivity contribution in [1.29, 1.82) is 0 Å². The number of aromatic nitrogens is 5. The van der Waals surface area contributed by atoms with Gasteiger partial charge in [0.15, 0.2) is 11.2 Å². The van der Waals surface area contributed by atoms with Crippen LogP contribution in [0.2, 0.25) is 0 Å². The van der Waals surface area contributed by atoms with Gasteiger partial charge in [0, 0.05) is 24.5 Å². The largest absolute Gasteiger partial charge is 0.494 e. The van der Waals surface area contributed by atoms with E-state index in [4.69, 9.17) is 4.74 Å². The first kappa shape index (κ1) is 18.0. The predicted molar refractivity (Wildman–Crippen MR) is 114 cm³/mol. The van der Waals surface area contributed by atoms with Crippen LogP contribution in [0.1, 0.15) is 6.92 Å². The molecule has 0 bridgehead atoms. The molecule has 0 aliphatic rings. The second-order valence-corrected chi connectivity index (χ2v) is 6.92. The average molecular weight is 401 g/mol. The van der Waals surface area contributed by atoms with Crippen molar-refractivity contribution < 1.29 is 4.74 Å². The van der Waals surface area contributed by atoms with Crippen molar-refractivity contribution in [2.24, 2.45) is 7.05 Å². The molecule has 0 amide bonds. The van der Waals surface area contributed by atoms with Gasteiger partial charge in [-0.15, -0.1) is 0 Å². The van der Waals surface area contributed by atoms with Crippen LogP contribution in [0, 0.1) is 0 Å². The van der Waals surface area contributed by atoms with E-state index in [1.165, 1.54) is 4.57 Å². The van der Waals surface area contributed by atoms with Crippen LogP contribution in [0.4, 0.5) is 0 Å². The Labute approximate surface area is 170 Å². The van der Waals surface area contributed by atoms with Crippen molar-refractivity contribution in [2.45, 2.75) is 6.92 Å². The summed E-state index contributed by atoms with van der Waals surface area (Å²) < 4.78 is 10.6. The fourth-order valence-corrected chi connectivity index (χ4v) is 3.68. The van der Waals surface area contributed by atoms with Gasteiger partial charge in [-0.25, -0.2) is 4.79 Å². The highest BCUT2D eigenvalue weighted by Gasteiger charge is 2.20. The van der Waals surface area contributed by atoms with Crippen molar-refractivity contribution in [2.75, 3.05) is 6.61 Å². The first-order valence-corrected chi connectivity index (χ1v) is 9.60. The number of hydrogen-bond donors (Lipinski definition) is 1. The number of hydrogen-bond acceptors (Lipinski definition) is 4. The highest BCUT2D eigenvalue weighted by Crippen LogP contribution is 2.29. The van der Waals surface area contributed by atoms with Gasteiger partial charge in [0.2, 0.25) is 5.78 Å². The normalized spacial score (nSPS) is 11.4. The number of ether oxygens (including phenoxy) is 1. The zero-order valence-corrected chi connectivity index (χ0v) is 16.5. The molecule has 150 valence electrons. The molecule has 3 aromatic heterocycles. The van der Waals surface area contributed by atoms with Crippen LogP contribution in [0.5, 0.6) is 5.75 Å². The van der Waals surface area contributed by atoms with E-state index in [0.717, 1.165) is 22.7 Å². The lowest BCUT2D eigenvalue weighted by atomic mass is 10.1. The van der Waals surface area contributed by atoms with Crippen LogP contribution in [0.25, 0.3) is 33.9 Å². The first-order valence-electron chi connectivity index (χ1n) is 9.60. The van der Waals surface area contributed by atoms with Crippen LogP contribution in [-0.2, 0) is 7.05 Å². The average Bonchev–Trinajstić information content (AvgIpc) is 3.30. The van der Waals surface area contributed by atoms with Gasteiger partial charge in [0.1, 0.15) is 5.75 Å². The molecule has 30 heavy (non-hydrogen) atoms. The Morgan fingerprint density at radius 3 is 2.47 bits per heavy atom. The molecule has 5 rings (SSSR count). The maximum atomic E-state index is 12.6. The second kappa shape index (κ2) is 6.77. The quantitative estimate of drug-likeness (QED) is 0.502. The van der Waals surface area contributed by atoms with Crippen LogP contribution < -0.4 is 16.0 Å². The highest BCUT2D eigenvalue weighted by molar-refractivity contribution is 5.79. The molecule has 2 aromatic carbocycles. The molecule has 0 saturated heterocycles. The maximum absolute atomic E-state index is 12.6. The van der Waals surface area contributed by atoms with E-state index in [1.807, 2.05) is 72.3 Å². The van der Waals surface area contributed by atoms with Crippen molar-refractivity contribution >= 4 is 16.9 Å². The molecule has 0 unspecified atom stereocenters.